The van der Waals surface area contributed by atoms with Crippen molar-refractivity contribution in [1.82, 2.24) is 5.32 Å². The van der Waals surface area contributed by atoms with Crippen LogP contribution in [0.5, 0.6) is 0 Å². The van der Waals surface area contributed by atoms with E-state index in [1.165, 1.54) is 0 Å². The standard InChI is InChI=1S/C18H17NO2S/c1-12(16-11-13-7-3-5-9-15(13)21-16)19-18(20)14-8-4-6-10-17(14)22-2/h3-12H,1-2H3,(H,19,20). The molecule has 1 heterocycles. The average Bonchev–Trinajstić information content (AvgIpc) is 2.99. The van der Waals surface area contributed by atoms with Gasteiger partial charge in [0.25, 0.3) is 5.91 Å². The molecule has 1 aromatic heterocycles. The van der Waals surface area contributed by atoms with Crippen LogP contribution in [0.1, 0.15) is 29.1 Å². The summed E-state index contributed by atoms with van der Waals surface area (Å²) >= 11 is 1.57. The maximum absolute atomic E-state index is 12.5. The number of furan rings is 1. The van der Waals surface area contributed by atoms with Gasteiger partial charge in [0.1, 0.15) is 11.3 Å². The summed E-state index contributed by atoms with van der Waals surface area (Å²) in [5, 5.41) is 4.05. The molecule has 0 aliphatic heterocycles. The molecule has 0 saturated carbocycles. The largest absolute Gasteiger partial charge is 0.459 e. The molecule has 0 bridgehead atoms. The molecule has 1 N–H and O–H groups in total. The lowest BCUT2D eigenvalue weighted by atomic mass is 10.1. The molecule has 0 aliphatic rings. The van der Waals surface area contributed by atoms with Crippen molar-refractivity contribution in [3.05, 3.63) is 65.9 Å². The van der Waals surface area contributed by atoms with Crippen LogP contribution in [0.25, 0.3) is 11.0 Å². The molecule has 4 heteroatoms. The highest BCUT2D eigenvalue weighted by atomic mass is 32.2. The van der Waals surface area contributed by atoms with Gasteiger partial charge in [-0.15, -0.1) is 11.8 Å². The first-order valence-electron chi connectivity index (χ1n) is 7.11. The zero-order chi connectivity index (χ0) is 15.5. The Bertz CT molecular complexity index is 776. The summed E-state index contributed by atoms with van der Waals surface area (Å²) < 4.78 is 5.80. The van der Waals surface area contributed by atoms with Gasteiger partial charge in [0.15, 0.2) is 0 Å². The molecule has 3 aromatic rings. The van der Waals surface area contributed by atoms with Crippen LogP contribution in [0.4, 0.5) is 0 Å². The minimum Gasteiger partial charge on any atom is -0.459 e. The van der Waals surface area contributed by atoms with E-state index in [0.717, 1.165) is 21.6 Å². The molecule has 0 fully saturated rings. The maximum Gasteiger partial charge on any atom is 0.252 e. The molecular weight excluding hydrogens is 294 g/mol. The lowest BCUT2D eigenvalue weighted by Crippen LogP contribution is -2.26. The zero-order valence-electron chi connectivity index (χ0n) is 12.5. The van der Waals surface area contributed by atoms with Crippen molar-refractivity contribution in [2.75, 3.05) is 6.26 Å². The van der Waals surface area contributed by atoms with Gasteiger partial charge in [-0.2, -0.15) is 0 Å². The van der Waals surface area contributed by atoms with E-state index in [0.29, 0.717) is 5.56 Å². The molecule has 0 saturated heterocycles. The van der Waals surface area contributed by atoms with Gasteiger partial charge in [0.05, 0.1) is 11.6 Å². The summed E-state index contributed by atoms with van der Waals surface area (Å²) in [4.78, 5) is 13.4. The summed E-state index contributed by atoms with van der Waals surface area (Å²) in [6.45, 7) is 1.93. The van der Waals surface area contributed by atoms with E-state index in [2.05, 4.69) is 5.32 Å². The van der Waals surface area contributed by atoms with Crippen molar-refractivity contribution in [3.63, 3.8) is 0 Å². The summed E-state index contributed by atoms with van der Waals surface area (Å²) in [6, 6.07) is 17.2. The van der Waals surface area contributed by atoms with Gasteiger partial charge >= 0.3 is 0 Å². The van der Waals surface area contributed by atoms with Crippen LogP contribution in [0, 0.1) is 0 Å². The summed E-state index contributed by atoms with van der Waals surface area (Å²) in [7, 11) is 0. The first-order valence-corrected chi connectivity index (χ1v) is 8.34. The number of amides is 1. The minimum atomic E-state index is -0.185. The normalized spacial score (nSPS) is 12.3. The molecule has 0 radical (unpaired) electrons. The fourth-order valence-corrected chi connectivity index (χ4v) is 2.99. The van der Waals surface area contributed by atoms with Crippen LogP contribution >= 0.6 is 11.8 Å². The van der Waals surface area contributed by atoms with E-state index in [9.17, 15) is 4.79 Å². The number of hydrogen-bond donors (Lipinski definition) is 1. The van der Waals surface area contributed by atoms with Crippen molar-refractivity contribution in [2.24, 2.45) is 0 Å². The van der Waals surface area contributed by atoms with E-state index >= 15 is 0 Å². The Balaban J connectivity index is 1.81. The molecule has 1 unspecified atom stereocenters. The van der Waals surface area contributed by atoms with Crippen LogP contribution < -0.4 is 5.32 Å². The lowest BCUT2D eigenvalue weighted by molar-refractivity contribution is 0.0933. The first-order chi connectivity index (χ1) is 10.7. The first kappa shape index (κ1) is 14.7. The number of fused-ring (bicyclic) bond motifs is 1. The highest BCUT2D eigenvalue weighted by molar-refractivity contribution is 7.98. The molecule has 0 spiro atoms. The molecule has 0 aliphatic carbocycles. The molecule has 1 atom stereocenters. The second-order valence-corrected chi connectivity index (χ2v) is 5.93. The third kappa shape index (κ3) is 2.88. The summed E-state index contributed by atoms with van der Waals surface area (Å²) in [5.74, 6) is 0.675. The molecule has 3 rings (SSSR count). The molecule has 3 nitrogen and oxygen atoms in total. The number of carbonyl (C=O) groups excluding carboxylic acids is 1. The fourth-order valence-electron chi connectivity index (χ4n) is 2.39. The number of rotatable bonds is 4. The van der Waals surface area contributed by atoms with Crippen molar-refractivity contribution in [2.45, 2.75) is 17.9 Å². The van der Waals surface area contributed by atoms with E-state index < -0.39 is 0 Å². The maximum atomic E-state index is 12.5. The Morgan fingerprint density at radius 3 is 2.64 bits per heavy atom. The predicted molar refractivity (Wildman–Crippen MR) is 90.3 cm³/mol. The minimum absolute atomic E-state index is 0.0853. The Hall–Kier alpha value is -2.20. The van der Waals surface area contributed by atoms with Gasteiger partial charge in [0.2, 0.25) is 0 Å². The van der Waals surface area contributed by atoms with Crippen LogP contribution in [0.3, 0.4) is 0 Å². The third-order valence-electron chi connectivity index (χ3n) is 3.57. The summed E-state index contributed by atoms with van der Waals surface area (Å²) in [5.41, 5.74) is 1.53. The van der Waals surface area contributed by atoms with Gasteiger partial charge < -0.3 is 9.73 Å². The lowest BCUT2D eigenvalue weighted by Gasteiger charge is -2.13. The Labute approximate surface area is 133 Å². The van der Waals surface area contributed by atoms with E-state index in [1.807, 2.05) is 67.8 Å². The van der Waals surface area contributed by atoms with Gasteiger partial charge in [-0.1, -0.05) is 30.3 Å². The number of benzene rings is 2. The number of carbonyl (C=O) groups is 1. The van der Waals surface area contributed by atoms with Crippen molar-refractivity contribution in [1.29, 1.82) is 0 Å². The van der Waals surface area contributed by atoms with Gasteiger partial charge in [-0.3, -0.25) is 4.79 Å². The second kappa shape index (κ2) is 6.28. The van der Waals surface area contributed by atoms with Gasteiger partial charge in [-0.25, -0.2) is 0 Å². The average molecular weight is 311 g/mol. The highest BCUT2D eigenvalue weighted by Gasteiger charge is 2.17. The topological polar surface area (TPSA) is 42.2 Å². The van der Waals surface area contributed by atoms with Crippen LogP contribution in [0.2, 0.25) is 0 Å². The molecule has 1 amide bonds. The molecule has 22 heavy (non-hydrogen) atoms. The van der Waals surface area contributed by atoms with Crippen molar-refractivity contribution >= 4 is 28.6 Å². The quantitative estimate of drug-likeness (QED) is 0.713. The zero-order valence-corrected chi connectivity index (χ0v) is 13.3. The number of para-hydroxylation sites is 1. The van der Waals surface area contributed by atoms with Crippen LogP contribution in [-0.4, -0.2) is 12.2 Å². The van der Waals surface area contributed by atoms with E-state index in [4.69, 9.17) is 4.42 Å². The molecular formula is C18H17NO2S. The molecule has 112 valence electrons. The second-order valence-electron chi connectivity index (χ2n) is 5.08. The van der Waals surface area contributed by atoms with Crippen LogP contribution in [0.15, 0.2) is 63.9 Å². The number of hydrogen-bond acceptors (Lipinski definition) is 3. The SMILES string of the molecule is CSc1ccccc1C(=O)NC(C)c1cc2ccccc2o1. The van der Waals surface area contributed by atoms with E-state index in [-0.39, 0.29) is 11.9 Å². The number of thioether (sulfide) groups is 1. The predicted octanol–water partition coefficient (Wildman–Crippen LogP) is 4.65. The van der Waals surface area contributed by atoms with Gasteiger partial charge in [-0.05, 0) is 37.4 Å². The van der Waals surface area contributed by atoms with Crippen molar-refractivity contribution in [3.8, 4) is 0 Å². The van der Waals surface area contributed by atoms with E-state index in [1.54, 1.807) is 11.8 Å². The Morgan fingerprint density at radius 1 is 1.14 bits per heavy atom. The third-order valence-corrected chi connectivity index (χ3v) is 4.37. The summed E-state index contributed by atoms with van der Waals surface area (Å²) in [6.07, 6.45) is 1.97. The smallest absolute Gasteiger partial charge is 0.252 e. The van der Waals surface area contributed by atoms with Gasteiger partial charge in [0, 0.05) is 10.3 Å². The number of nitrogens with one attached hydrogen (secondary N) is 1. The van der Waals surface area contributed by atoms with Crippen molar-refractivity contribution < 1.29 is 9.21 Å². The van der Waals surface area contributed by atoms with Crippen LogP contribution in [-0.2, 0) is 0 Å². The highest BCUT2D eigenvalue weighted by Crippen LogP contribution is 2.25. The molecule has 2 aromatic carbocycles. The Morgan fingerprint density at radius 2 is 1.86 bits per heavy atom. The fraction of sp³-hybridized carbons (Fsp3) is 0.167. The monoisotopic (exact) mass is 311 g/mol. The Kier molecular flexibility index (Phi) is 4.20.